The number of para-hydroxylation sites is 1. The van der Waals surface area contributed by atoms with E-state index in [0.29, 0.717) is 16.3 Å². The van der Waals surface area contributed by atoms with Gasteiger partial charge in [0.05, 0.1) is 6.21 Å². The van der Waals surface area contributed by atoms with Gasteiger partial charge in [0.2, 0.25) is 10.6 Å². The van der Waals surface area contributed by atoms with Gasteiger partial charge in [-0.15, -0.1) is 0 Å². The summed E-state index contributed by atoms with van der Waals surface area (Å²) < 4.78 is 1.99. The van der Waals surface area contributed by atoms with Gasteiger partial charge in [0.25, 0.3) is 0 Å². The molecule has 0 saturated carbocycles. The van der Waals surface area contributed by atoms with Gasteiger partial charge >= 0.3 is 0 Å². The number of aromatic amines is 2. The van der Waals surface area contributed by atoms with Crippen molar-refractivity contribution in [2.45, 2.75) is 0 Å². The minimum absolute atomic E-state index is 0.418. The van der Waals surface area contributed by atoms with Crippen LogP contribution in [0.15, 0.2) is 60.0 Å². The lowest BCUT2D eigenvalue weighted by molar-refractivity contribution is 0.867. The van der Waals surface area contributed by atoms with Gasteiger partial charge in [0, 0.05) is 28.9 Å². The number of benzene rings is 1. The van der Waals surface area contributed by atoms with E-state index in [1.54, 1.807) is 17.1 Å². The second-order valence-electron chi connectivity index (χ2n) is 4.91. The Kier molecular flexibility index (Phi) is 3.32. The Hall–Kier alpha value is -3.06. The first-order valence-corrected chi connectivity index (χ1v) is 7.43. The maximum atomic E-state index is 5.26. The third-order valence-corrected chi connectivity index (χ3v) is 3.74. The number of aromatic nitrogens is 5. The molecular formula is C16H12N6S. The molecule has 23 heavy (non-hydrogen) atoms. The zero-order chi connectivity index (χ0) is 15.6. The molecule has 6 nitrogen and oxygen atoms in total. The molecule has 4 aromatic rings. The molecule has 0 fully saturated rings. The van der Waals surface area contributed by atoms with Gasteiger partial charge in [-0.25, -0.2) is 5.10 Å². The van der Waals surface area contributed by atoms with Crippen molar-refractivity contribution in [1.82, 2.24) is 24.8 Å². The van der Waals surface area contributed by atoms with E-state index < -0.39 is 0 Å². The van der Waals surface area contributed by atoms with Crippen LogP contribution in [0, 0.1) is 4.77 Å². The number of H-pyrrole nitrogens is 2. The second-order valence-corrected chi connectivity index (χ2v) is 5.30. The molecule has 0 saturated heterocycles. The van der Waals surface area contributed by atoms with E-state index in [9.17, 15) is 0 Å². The van der Waals surface area contributed by atoms with E-state index in [4.69, 9.17) is 12.2 Å². The summed E-state index contributed by atoms with van der Waals surface area (Å²) in [4.78, 5) is 7.51. The fourth-order valence-corrected chi connectivity index (χ4v) is 2.56. The van der Waals surface area contributed by atoms with Gasteiger partial charge in [-0.2, -0.15) is 14.9 Å². The van der Waals surface area contributed by atoms with Crippen molar-refractivity contribution in [1.29, 1.82) is 0 Å². The lowest BCUT2D eigenvalue weighted by Gasteiger charge is -1.99. The number of hydrogen-bond donors (Lipinski definition) is 2. The Morgan fingerprint density at radius 2 is 2.00 bits per heavy atom. The summed E-state index contributed by atoms with van der Waals surface area (Å²) in [5, 5.41) is 12.5. The fraction of sp³-hybridized carbons (Fsp3) is 0. The van der Waals surface area contributed by atoms with E-state index in [1.165, 1.54) is 0 Å². The van der Waals surface area contributed by atoms with Crippen molar-refractivity contribution in [2.75, 3.05) is 0 Å². The monoisotopic (exact) mass is 320 g/mol. The molecule has 0 spiro atoms. The highest BCUT2D eigenvalue weighted by molar-refractivity contribution is 7.71. The van der Waals surface area contributed by atoms with Gasteiger partial charge in [0.1, 0.15) is 5.69 Å². The molecule has 0 bridgehead atoms. The smallest absolute Gasteiger partial charge is 0.216 e. The van der Waals surface area contributed by atoms with Gasteiger partial charge in [-0.05, 0) is 30.4 Å². The van der Waals surface area contributed by atoms with Crippen molar-refractivity contribution >= 4 is 29.3 Å². The normalized spacial score (nSPS) is 11.5. The molecule has 0 amide bonds. The highest BCUT2D eigenvalue weighted by atomic mass is 32.1. The number of hydrogen-bond acceptors (Lipinski definition) is 4. The van der Waals surface area contributed by atoms with Gasteiger partial charge < -0.3 is 4.98 Å². The average molecular weight is 320 g/mol. The van der Waals surface area contributed by atoms with E-state index in [1.807, 2.05) is 48.7 Å². The Balaban J connectivity index is 1.78. The summed E-state index contributed by atoms with van der Waals surface area (Å²) in [6.07, 6.45) is 5.38. The van der Waals surface area contributed by atoms with Crippen LogP contribution in [0.25, 0.3) is 22.4 Å². The molecule has 0 radical (unpaired) electrons. The molecule has 1 aromatic carbocycles. The molecule has 7 heteroatoms. The van der Waals surface area contributed by atoms with Crippen LogP contribution in [-0.4, -0.2) is 31.1 Å². The predicted octanol–water partition coefficient (Wildman–Crippen LogP) is 3.37. The number of fused-ring (bicyclic) bond motifs is 1. The third kappa shape index (κ3) is 2.47. The summed E-state index contributed by atoms with van der Waals surface area (Å²) in [6.45, 7) is 0. The van der Waals surface area contributed by atoms with E-state index >= 15 is 0 Å². The predicted molar refractivity (Wildman–Crippen MR) is 91.9 cm³/mol. The molecule has 3 heterocycles. The summed E-state index contributed by atoms with van der Waals surface area (Å²) in [5.74, 6) is 0.576. The first-order valence-electron chi connectivity index (χ1n) is 7.02. The quantitative estimate of drug-likeness (QED) is 0.449. The molecule has 0 aliphatic rings. The van der Waals surface area contributed by atoms with Gasteiger partial charge in [0.15, 0.2) is 0 Å². The number of rotatable bonds is 3. The maximum Gasteiger partial charge on any atom is 0.216 e. The van der Waals surface area contributed by atoms with E-state index in [2.05, 4.69) is 25.3 Å². The summed E-state index contributed by atoms with van der Waals surface area (Å²) in [6, 6.07) is 13.7. The zero-order valence-electron chi connectivity index (χ0n) is 12.0. The largest absolute Gasteiger partial charge is 0.361 e. The molecule has 3 aromatic heterocycles. The number of nitrogens with one attached hydrogen (secondary N) is 2. The molecule has 0 atom stereocenters. The lowest BCUT2D eigenvalue weighted by atomic mass is 10.2. The molecule has 2 N–H and O–H groups in total. The van der Waals surface area contributed by atoms with Crippen molar-refractivity contribution in [3.63, 3.8) is 0 Å². The Morgan fingerprint density at radius 1 is 1.13 bits per heavy atom. The zero-order valence-corrected chi connectivity index (χ0v) is 12.8. The third-order valence-electron chi connectivity index (χ3n) is 3.48. The Bertz CT molecular complexity index is 1040. The van der Waals surface area contributed by atoms with Gasteiger partial charge in [-0.3, -0.25) is 4.98 Å². The fourth-order valence-electron chi connectivity index (χ4n) is 2.38. The first-order chi connectivity index (χ1) is 11.3. The Labute approximate surface area is 136 Å². The van der Waals surface area contributed by atoms with Crippen LogP contribution in [0.3, 0.4) is 0 Å². The molecule has 112 valence electrons. The van der Waals surface area contributed by atoms with E-state index in [-0.39, 0.29) is 0 Å². The van der Waals surface area contributed by atoms with Crippen LogP contribution >= 0.6 is 12.2 Å². The summed E-state index contributed by atoms with van der Waals surface area (Å²) in [7, 11) is 0. The summed E-state index contributed by atoms with van der Waals surface area (Å²) in [5.41, 5.74) is 2.75. The van der Waals surface area contributed by atoms with Crippen molar-refractivity contribution in [3.8, 4) is 11.5 Å². The summed E-state index contributed by atoms with van der Waals surface area (Å²) >= 11 is 5.26. The molecule has 4 rings (SSSR count). The average Bonchev–Trinajstić information content (AvgIpc) is 3.17. The van der Waals surface area contributed by atoms with Gasteiger partial charge in [-0.1, -0.05) is 24.3 Å². The Morgan fingerprint density at radius 3 is 2.87 bits per heavy atom. The molecular weight excluding hydrogens is 308 g/mol. The van der Waals surface area contributed by atoms with Crippen LogP contribution in [-0.2, 0) is 0 Å². The SMILES string of the molecule is S=c1[nH]nc(-c2ccccn2)n1/N=C\c1c[nH]c2ccccc12. The first kappa shape index (κ1) is 13.6. The minimum atomic E-state index is 0.418. The number of nitrogens with zero attached hydrogens (tertiary/aromatic N) is 4. The van der Waals surface area contributed by atoms with Crippen LogP contribution in [0.4, 0.5) is 0 Å². The van der Waals surface area contributed by atoms with Crippen LogP contribution in [0.5, 0.6) is 0 Å². The van der Waals surface area contributed by atoms with Crippen molar-refractivity contribution in [3.05, 3.63) is 65.2 Å². The standard InChI is InChI=1S/C16H12N6S/c23-16-21-20-15(14-7-3-4-8-17-14)22(16)19-10-11-9-18-13-6-2-1-5-12(11)13/h1-10,18H,(H,21,23)/b19-10-. The lowest BCUT2D eigenvalue weighted by Crippen LogP contribution is -1.96. The maximum absolute atomic E-state index is 5.26. The molecule has 0 aliphatic heterocycles. The van der Waals surface area contributed by atoms with Crippen LogP contribution in [0.2, 0.25) is 0 Å². The highest BCUT2D eigenvalue weighted by Gasteiger charge is 2.09. The topological polar surface area (TPSA) is 74.7 Å². The van der Waals surface area contributed by atoms with Crippen molar-refractivity contribution < 1.29 is 0 Å². The van der Waals surface area contributed by atoms with Crippen LogP contribution in [0.1, 0.15) is 5.56 Å². The minimum Gasteiger partial charge on any atom is -0.361 e. The number of pyridine rings is 1. The van der Waals surface area contributed by atoms with E-state index in [0.717, 1.165) is 16.5 Å². The highest BCUT2D eigenvalue weighted by Crippen LogP contribution is 2.17. The second kappa shape index (κ2) is 5.62. The molecule has 0 aliphatic carbocycles. The van der Waals surface area contributed by atoms with Crippen molar-refractivity contribution in [2.24, 2.45) is 5.10 Å². The van der Waals surface area contributed by atoms with Crippen LogP contribution < -0.4 is 0 Å². The molecule has 0 unspecified atom stereocenters.